The maximum absolute atomic E-state index is 11.6. The van der Waals surface area contributed by atoms with Crippen molar-refractivity contribution in [3.63, 3.8) is 0 Å². The van der Waals surface area contributed by atoms with E-state index in [-0.39, 0.29) is 5.91 Å². The number of nitrogens with zero attached hydrogens (tertiary/aromatic N) is 2. The minimum atomic E-state index is -0.911. The van der Waals surface area contributed by atoms with Crippen LogP contribution in [-0.2, 0) is 9.59 Å². The van der Waals surface area contributed by atoms with Crippen molar-refractivity contribution in [3.8, 4) is 0 Å². The van der Waals surface area contributed by atoms with Crippen LogP contribution in [0.4, 0.5) is 0 Å². The Hall–Kier alpha value is -1.10. The number of hydrogen-bond acceptors (Lipinski definition) is 3. The number of unbranched alkanes of at least 4 members (excludes halogenated alkanes) is 1. The Balaban J connectivity index is 2.69. The van der Waals surface area contributed by atoms with Gasteiger partial charge < -0.3 is 10.0 Å². The standard InChI is InChI=1S/C10H18N2O3/c1-3-4-5-12-8(10(14)15)6-11(2)7-9(12)13/h8H,3-7H2,1-2H3,(H,14,15). The maximum atomic E-state index is 11.6. The summed E-state index contributed by atoms with van der Waals surface area (Å²) in [5, 5.41) is 9.02. The molecule has 1 aliphatic heterocycles. The molecule has 5 heteroatoms. The predicted molar refractivity (Wildman–Crippen MR) is 55.5 cm³/mol. The van der Waals surface area contributed by atoms with Crippen LogP contribution in [0.2, 0.25) is 0 Å². The molecule has 0 aromatic carbocycles. The average molecular weight is 214 g/mol. The summed E-state index contributed by atoms with van der Waals surface area (Å²) in [4.78, 5) is 25.9. The first-order valence-corrected chi connectivity index (χ1v) is 5.27. The molecular formula is C10H18N2O3. The number of rotatable bonds is 4. The van der Waals surface area contributed by atoms with Crippen LogP contribution in [0, 0.1) is 0 Å². The maximum Gasteiger partial charge on any atom is 0.327 e. The molecule has 0 saturated carbocycles. The number of carbonyl (C=O) groups is 2. The second kappa shape index (κ2) is 5.11. The van der Waals surface area contributed by atoms with Crippen molar-refractivity contribution in [1.29, 1.82) is 0 Å². The molecule has 1 aliphatic rings. The van der Waals surface area contributed by atoms with E-state index in [0.717, 1.165) is 12.8 Å². The van der Waals surface area contributed by atoms with Crippen LogP contribution >= 0.6 is 0 Å². The summed E-state index contributed by atoms with van der Waals surface area (Å²) in [5.41, 5.74) is 0. The van der Waals surface area contributed by atoms with Crippen LogP contribution in [0.15, 0.2) is 0 Å². The van der Waals surface area contributed by atoms with Gasteiger partial charge >= 0.3 is 5.97 Å². The van der Waals surface area contributed by atoms with Gasteiger partial charge in [-0.05, 0) is 13.5 Å². The van der Waals surface area contributed by atoms with Crippen LogP contribution in [0.5, 0.6) is 0 Å². The second-order valence-corrected chi connectivity index (χ2v) is 3.99. The molecule has 1 N–H and O–H groups in total. The fraction of sp³-hybridized carbons (Fsp3) is 0.800. The molecule has 1 heterocycles. The zero-order chi connectivity index (χ0) is 11.4. The van der Waals surface area contributed by atoms with Crippen molar-refractivity contribution in [3.05, 3.63) is 0 Å². The molecule has 0 aromatic rings. The zero-order valence-electron chi connectivity index (χ0n) is 9.27. The van der Waals surface area contributed by atoms with Gasteiger partial charge in [0.1, 0.15) is 6.04 Å². The molecule has 0 aliphatic carbocycles. The van der Waals surface area contributed by atoms with Gasteiger partial charge in [0.25, 0.3) is 0 Å². The molecule has 0 spiro atoms. The fourth-order valence-electron chi connectivity index (χ4n) is 1.77. The van der Waals surface area contributed by atoms with Crippen molar-refractivity contribution in [2.24, 2.45) is 0 Å². The van der Waals surface area contributed by atoms with Crippen molar-refractivity contribution >= 4 is 11.9 Å². The highest BCUT2D eigenvalue weighted by molar-refractivity contribution is 5.86. The van der Waals surface area contributed by atoms with Gasteiger partial charge in [-0.1, -0.05) is 13.3 Å². The van der Waals surface area contributed by atoms with Crippen molar-refractivity contribution in [1.82, 2.24) is 9.80 Å². The lowest BCUT2D eigenvalue weighted by Crippen LogP contribution is -2.58. The Morgan fingerprint density at radius 2 is 2.27 bits per heavy atom. The third kappa shape index (κ3) is 2.92. The first-order chi connectivity index (χ1) is 7.06. The number of carboxylic acid groups (broad SMARTS) is 1. The lowest BCUT2D eigenvalue weighted by atomic mass is 10.1. The Bertz CT molecular complexity index is 255. The van der Waals surface area contributed by atoms with Gasteiger partial charge in [0, 0.05) is 13.1 Å². The Labute approximate surface area is 89.7 Å². The lowest BCUT2D eigenvalue weighted by molar-refractivity contribution is -0.155. The molecule has 1 saturated heterocycles. The summed E-state index contributed by atoms with van der Waals surface area (Å²) in [6, 6.07) is -0.678. The first-order valence-electron chi connectivity index (χ1n) is 5.27. The molecule has 1 fully saturated rings. The summed E-state index contributed by atoms with van der Waals surface area (Å²) in [5.74, 6) is -0.990. The summed E-state index contributed by atoms with van der Waals surface area (Å²) in [6.07, 6.45) is 1.82. The molecule has 1 amide bonds. The third-order valence-electron chi connectivity index (χ3n) is 2.62. The van der Waals surface area contributed by atoms with Gasteiger partial charge in [-0.2, -0.15) is 0 Å². The Morgan fingerprint density at radius 1 is 1.60 bits per heavy atom. The largest absolute Gasteiger partial charge is 0.480 e. The number of hydrogen-bond donors (Lipinski definition) is 1. The van der Waals surface area contributed by atoms with Gasteiger partial charge in [-0.3, -0.25) is 9.69 Å². The SMILES string of the molecule is CCCCN1C(=O)CN(C)CC1C(=O)O. The molecular weight excluding hydrogens is 196 g/mol. The Kier molecular flexibility index (Phi) is 4.08. The van der Waals surface area contributed by atoms with Gasteiger partial charge in [0.05, 0.1) is 6.54 Å². The molecule has 15 heavy (non-hydrogen) atoms. The molecule has 1 atom stereocenters. The number of piperazine rings is 1. The van der Waals surface area contributed by atoms with E-state index < -0.39 is 12.0 Å². The highest BCUT2D eigenvalue weighted by Gasteiger charge is 2.34. The minimum Gasteiger partial charge on any atom is -0.480 e. The smallest absolute Gasteiger partial charge is 0.327 e. The van der Waals surface area contributed by atoms with Crippen LogP contribution in [0.25, 0.3) is 0 Å². The van der Waals surface area contributed by atoms with E-state index >= 15 is 0 Å². The quantitative estimate of drug-likeness (QED) is 0.716. The number of carbonyl (C=O) groups excluding carboxylic acids is 1. The fourth-order valence-corrected chi connectivity index (χ4v) is 1.77. The van der Waals surface area contributed by atoms with E-state index in [9.17, 15) is 9.59 Å². The molecule has 5 nitrogen and oxygen atoms in total. The third-order valence-corrected chi connectivity index (χ3v) is 2.62. The van der Waals surface area contributed by atoms with E-state index in [1.807, 2.05) is 6.92 Å². The summed E-state index contributed by atoms with van der Waals surface area (Å²) >= 11 is 0. The van der Waals surface area contributed by atoms with Crippen LogP contribution in [0.3, 0.4) is 0 Å². The van der Waals surface area contributed by atoms with Crippen molar-refractivity contribution in [2.45, 2.75) is 25.8 Å². The summed E-state index contributed by atoms with van der Waals surface area (Å²) in [6.45, 7) is 3.33. The van der Waals surface area contributed by atoms with E-state index in [1.165, 1.54) is 4.90 Å². The number of aliphatic carboxylic acids is 1. The molecule has 1 rings (SSSR count). The zero-order valence-corrected chi connectivity index (χ0v) is 9.27. The van der Waals surface area contributed by atoms with E-state index in [0.29, 0.717) is 19.6 Å². The molecule has 0 radical (unpaired) electrons. The first kappa shape index (κ1) is 12.0. The summed E-state index contributed by atoms with van der Waals surface area (Å²) < 4.78 is 0. The number of amides is 1. The van der Waals surface area contributed by atoms with Gasteiger partial charge in [-0.15, -0.1) is 0 Å². The van der Waals surface area contributed by atoms with Crippen molar-refractivity contribution < 1.29 is 14.7 Å². The van der Waals surface area contributed by atoms with E-state index in [4.69, 9.17) is 5.11 Å². The molecule has 1 unspecified atom stereocenters. The van der Waals surface area contributed by atoms with E-state index in [2.05, 4.69) is 0 Å². The van der Waals surface area contributed by atoms with Gasteiger partial charge in [-0.25, -0.2) is 4.79 Å². The summed E-state index contributed by atoms with van der Waals surface area (Å²) in [7, 11) is 1.77. The highest BCUT2D eigenvalue weighted by Crippen LogP contribution is 2.11. The lowest BCUT2D eigenvalue weighted by Gasteiger charge is -2.37. The minimum absolute atomic E-state index is 0.0791. The normalized spacial score (nSPS) is 23.2. The van der Waals surface area contributed by atoms with Gasteiger partial charge in [0.15, 0.2) is 0 Å². The van der Waals surface area contributed by atoms with Crippen LogP contribution < -0.4 is 0 Å². The second-order valence-electron chi connectivity index (χ2n) is 3.99. The van der Waals surface area contributed by atoms with Crippen LogP contribution in [-0.4, -0.2) is 59.5 Å². The number of carboxylic acids is 1. The topological polar surface area (TPSA) is 60.9 Å². The number of likely N-dealkylation sites (N-methyl/N-ethyl adjacent to an activating group) is 1. The van der Waals surface area contributed by atoms with E-state index in [1.54, 1.807) is 11.9 Å². The highest BCUT2D eigenvalue weighted by atomic mass is 16.4. The van der Waals surface area contributed by atoms with Crippen molar-refractivity contribution in [2.75, 3.05) is 26.7 Å². The van der Waals surface area contributed by atoms with Gasteiger partial charge in [0.2, 0.25) is 5.91 Å². The predicted octanol–water partition coefficient (Wildman–Crippen LogP) is 0.0137. The molecule has 0 aromatic heterocycles. The average Bonchev–Trinajstić information content (AvgIpc) is 2.15. The molecule has 86 valence electrons. The van der Waals surface area contributed by atoms with Crippen LogP contribution in [0.1, 0.15) is 19.8 Å². The molecule has 0 bridgehead atoms. The monoisotopic (exact) mass is 214 g/mol. The Morgan fingerprint density at radius 3 is 2.80 bits per heavy atom.